The van der Waals surface area contributed by atoms with E-state index in [1.165, 1.54) is 35.2 Å². The van der Waals surface area contributed by atoms with Gasteiger partial charge in [0.1, 0.15) is 12.6 Å². The Bertz CT molecular complexity index is 1420. The molecule has 0 spiro atoms. The number of carbonyl (C=O) groups is 2. The zero-order valence-corrected chi connectivity index (χ0v) is 25.6. The predicted octanol–water partition coefficient (Wildman–Crippen LogP) is 6.56. The highest BCUT2D eigenvalue weighted by molar-refractivity contribution is 7.92. The van der Waals surface area contributed by atoms with E-state index in [4.69, 9.17) is 34.8 Å². The first-order valence-electron chi connectivity index (χ1n) is 12.8. The van der Waals surface area contributed by atoms with Crippen molar-refractivity contribution in [2.45, 2.75) is 57.1 Å². The quantitative estimate of drug-likeness (QED) is 0.247. The van der Waals surface area contributed by atoms with Crippen LogP contribution in [0.5, 0.6) is 0 Å². The van der Waals surface area contributed by atoms with Crippen molar-refractivity contribution in [1.29, 1.82) is 0 Å². The summed E-state index contributed by atoms with van der Waals surface area (Å²) in [4.78, 5) is 28.7. The smallest absolute Gasteiger partial charge is 0.264 e. The van der Waals surface area contributed by atoms with E-state index in [9.17, 15) is 18.0 Å². The predicted molar refractivity (Wildman–Crippen MR) is 161 cm³/mol. The lowest BCUT2D eigenvalue weighted by Crippen LogP contribution is -2.53. The molecule has 0 aromatic heterocycles. The summed E-state index contributed by atoms with van der Waals surface area (Å²) in [5, 5.41) is 4.16. The van der Waals surface area contributed by atoms with Gasteiger partial charge in [-0.1, -0.05) is 66.8 Å². The van der Waals surface area contributed by atoms with Gasteiger partial charge in [-0.15, -0.1) is 0 Å². The van der Waals surface area contributed by atoms with Gasteiger partial charge in [0.25, 0.3) is 10.0 Å². The number of rotatable bonds is 12. The first-order valence-corrected chi connectivity index (χ1v) is 15.4. The Morgan fingerprint density at radius 1 is 0.850 bits per heavy atom. The topological polar surface area (TPSA) is 86.8 Å². The Labute approximate surface area is 251 Å². The second kappa shape index (κ2) is 14.2. The SMILES string of the molecule is CC[C@H](C)NC(=O)[C@H](CC)N(Cc1ccc(Cl)cc1)C(=O)CN(c1cccc(Cl)c1)S(=O)(=O)c1ccc(Cl)cc1. The second-order valence-corrected chi connectivity index (χ2v) is 12.5. The minimum Gasteiger partial charge on any atom is -0.352 e. The number of nitrogens with one attached hydrogen (secondary N) is 1. The number of amides is 2. The largest absolute Gasteiger partial charge is 0.352 e. The minimum atomic E-state index is -4.22. The lowest BCUT2D eigenvalue weighted by atomic mass is 10.1. The van der Waals surface area contributed by atoms with Gasteiger partial charge in [0, 0.05) is 27.7 Å². The number of halogens is 3. The van der Waals surface area contributed by atoms with Crippen LogP contribution in [0.4, 0.5) is 5.69 Å². The van der Waals surface area contributed by atoms with Gasteiger partial charge in [-0.3, -0.25) is 13.9 Å². The third-order valence-corrected chi connectivity index (χ3v) is 8.96. The van der Waals surface area contributed by atoms with Crippen LogP contribution >= 0.6 is 34.8 Å². The Balaban J connectivity index is 2.05. The molecule has 0 aliphatic carbocycles. The Hall–Kier alpha value is -2.78. The van der Waals surface area contributed by atoms with Crippen LogP contribution in [-0.2, 0) is 26.2 Å². The maximum atomic E-state index is 14.0. The molecule has 0 bridgehead atoms. The van der Waals surface area contributed by atoms with E-state index in [2.05, 4.69) is 5.32 Å². The number of hydrogen-bond donors (Lipinski definition) is 1. The van der Waals surface area contributed by atoms with E-state index < -0.39 is 28.5 Å². The van der Waals surface area contributed by atoms with Crippen LogP contribution < -0.4 is 9.62 Å². The van der Waals surface area contributed by atoms with Gasteiger partial charge < -0.3 is 10.2 Å². The maximum Gasteiger partial charge on any atom is 0.264 e. The molecule has 2 atom stereocenters. The lowest BCUT2D eigenvalue weighted by Gasteiger charge is -2.33. The summed E-state index contributed by atoms with van der Waals surface area (Å²) in [6.07, 6.45) is 1.04. The molecule has 11 heteroatoms. The van der Waals surface area contributed by atoms with E-state index in [1.807, 2.05) is 20.8 Å². The number of hydrogen-bond acceptors (Lipinski definition) is 4. The van der Waals surface area contributed by atoms with E-state index in [0.717, 1.165) is 16.3 Å². The number of benzene rings is 3. The normalized spacial score (nSPS) is 12.8. The molecule has 3 aromatic rings. The Kier molecular flexibility index (Phi) is 11.3. The highest BCUT2D eigenvalue weighted by Gasteiger charge is 2.34. The third kappa shape index (κ3) is 8.13. The number of carbonyl (C=O) groups excluding carboxylic acids is 2. The summed E-state index contributed by atoms with van der Waals surface area (Å²) in [6.45, 7) is 5.16. The summed E-state index contributed by atoms with van der Waals surface area (Å²) >= 11 is 18.2. The van der Waals surface area contributed by atoms with Gasteiger partial charge in [0.05, 0.1) is 10.6 Å². The van der Waals surface area contributed by atoms with Crippen molar-refractivity contribution in [1.82, 2.24) is 10.2 Å². The van der Waals surface area contributed by atoms with E-state index in [-0.39, 0.29) is 29.1 Å². The molecule has 0 aliphatic heterocycles. The second-order valence-electron chi connectivity index (χ2n) is 9.34. The van der Waals surface area contributed by atoms with Gasteiger partial charge in [-0.25, -0.2) is 8.42 Å². The molecule has 3 rings (SSSR count). The summed E-state index contributed by atoms with van der Waals surface area (Å²) in [5.41, 5.74) is 0.946. The van der Waals surface area contributed by atoms with Crippen molar-refractivity contribution in [2.75, 3.05) is 10.8 Å². The summed E-state index contributed by atoms with van der Waals surface area (Å²) in [6, 6.07) is 17.9. The Morgan fingerprint density at radius 2 is 1.45 bits per heavy atom. The zero-order valence-electron chi connectivity index (χ0n) is 22.5. The van der Waals surface area contributed by atoms with Crippen molar-refractivity contribution in [3.05, 3.63) is 93.4 Å². The minimum absolute atomic E-state index is 0.0459. The average Bonchev–Trinajstić information content (AvgIpc) is 2.92. The Morgan fingerprint density at radius 3 is 2.00 bits per heavy atom. The van der Waals surface area contributed by atoms with Crippen molar-refractivity contribution >= 4 is 62.3 Å². The highest BCUT2D eigenvalue weighted by atomic mass is 35.5. The molecule has 214 valence electrons. The fraction of sp³-hybridized carbons (Fsp3) is 0.310. The molecular weight excluding hydrogens is 593 g/mol. The van der Waals surface area contributed by atoms with Gasteiger partial charge in [0.2, 0.25) is 11.8 Å². The summed E-state index contributed by atoms with van der Waals surface area (Å²) in [7, 11) is -4.22. The van der Waals surface area contributed by atoms with Gasteiger partial charge in [-0.05, 0) is 79.9 Å². The first-order chi connectivity index (χ1) is 19.0. The van der Waals surface area contributed by atoms with Crippen LogP contribution in [0.25, 0.3) is 0 Å². The van der Waals surface area contributed by atoms with E-state index >= 15 is 0 Å². The van der Waals surface area contributed by atoms with Crippen LogP contribution in [-0.4, -0.2) is 43.8 Å². The standard InChI is InChI=1S/C29H32Cl3N3O4S/c1-4-20(3)33-29(37)27(5-2)34(18-21-9-11-22(30)12-10-21)28(36)19-35(25-8-6-7-24(32)17-25)40(38,39)26-15-13-23(31)14-16-26/h6-17,20,27H,4-5,18-19H2,1-3H3,(H,33,37)/t20-,27-/m0/s1. The molecule has 0 saturated carbocycles. The van der Waals surface area contributed by atoms with Crippen LogP contribution in [0.1, 0.15) is 39.2 Å². The number of nitrogens with zero attached hydrogens (tertiary/aromatic N) is 2. The molecule has 40 heavy (non-hydrogen) atoms. The first kappa shape index (κ1) is 31.7. The molecule has 0 fully saturated rings. The van der Waals surface area contributed by atoms with E-state index in [0.29, 0.717) is 21.5 Å². The average molecular weight is 625 g/mol. The van der Waals surface area contributed by atoms with Crippen molar-refractivity contribution in [3.8, 4) is 0 Å². The summed E-state index contributed by atoms with van der Waals surface area (Å²) < 4.78 is 28.7. The van der Waals surface area contributed by atoms with Gasteiger partial charge >= 0.3 is 0 Å². The zero-order chi connectivity index (χ0) is 29.4. The van der Waals surface area contributed by atoms with Crippen LogP contribution in [0.3, 0.4) is 0 Å². The maximum absolute atomic E-state index is 14.0. The molecule has 7 nitrogen and oxygen atoms in total. The monoisotopic (exact) mass is 623 g/mol. The van der Waals surface area contributed by atoms with Gasteiger partial charge in [-0.2, -0.15) is 0 Å². The van der Waals surface area contributed by atoms with Crippen molar-refractivity contribution < 1.29 is 18.0 Å². The molecule has 3 aromatic carbocycles. The third-order valence-electron chi connectivity index (χ3n) is 6.43. The van der Waals surface area contributed by atoms with E-state index in [1.54, 1.807) is 42.5 Å². The fourth-order valence-electron chi connectivity index (χ4n) is 4.04. The molecule has 0 saturated heterocycles. The molecule has 2 amide bonds. The molecule has 0 aliphatic rings. The molecule has 0 heterocycles. The van der Waals surface area contributed by atoms with Crippen LogP contribution in [0.2, 0.25) is 15.1 Å². The molecule has 0 unspecified atom stereocenters. The fourth-order valence-corrected chi connectivity index (χ4v) is 5.88. The van der Waals surface area contributed by atoms with Crippen molar-refractivity contribution in [2.24, 2.45) is 0 Å². The highest BCUT2D eigenvalue weighted by Crippen LogP contribution is 2.28. The number of sulfonamides is 1. The van der Waals surface area contributed by atoms with Crippen LogP contribution in [0, 0.1) is 0 Å². The molecular formula is C29H32Cl3N3O4S. The summed E-state index contributed by atoms with van der Waals surface area (Å²) in [5.74, 6) is -0.868. The lowest BCUT2D eigenvalue weighted by molar-refractivity contribution is -0.140. The molecule has 1 N–H and O–H groups in total. The number of anilines is 1. The molecule has 0 radical (unpaired) electrons. The van der Waals surface area contributed by atoms with Crippen LogP contribution in [0.15, 0.2) is 77.7 Å². The van der Waals surface area contributed by atoms with Gasteiger partial charge in [0.15, 0.2) is 0 Å². The van der Waals surface area contributed by atoms with Crippen molar-refractivity contribution in [3.63, 3.8) is 0 Å².